The summed E-state index contributed by atoms with van der Waals surface area (Å²) < 4.78 is 5.58. The molecular formula is C15H16O4. The molecule has 0 spiro atoms. The van der Waals surface area contributed by atoms with Crippen molar-refractivity contribution >= 4 is 10.8 Å². The predicted octanol–water partition coefficient (Wildman–Crippen LogP) is 0.994. The van der Waals surface area contributed by atoms with Gasteiger partial charge in [-0.3, -0.25) is 0 Å². The molecule has 3 rings (SSSR count). The summed E-state index contributed by atoms with van der Waals surface area (Å²) in [5, 5.41) is 31.1. The molecule has 1 aliphatic rings. The molecule has 4 heteroatoms. The molecule has 3 N–H and O–H groups in total. The second-order valence-electron chi connectivity index (χ2n) is 4.83. The third-order valence-corrected chi connectivity index (χ3v) is 3.67. The minimum absolute atomic E-state index is 0.306. The number of fused-ring (bicyclic) bond motifs is 1. The highest BCUT2D eigenvalue weighted by molar-refractivity contribution is 5.86. The molecule has 19 heavy (non-hydrogen) atoms. The van der Waals surface area contributed by atoms with Crippen LogP contribution in [0, 0.1) is 0 Å². The molecule has 2 aromatic carbocycles. The molecule has 4 atom stereocenters. The molecule has 4 nitrogen and oxygen atoms in total. The molecule has 0 unspecified atom stereocenters. The molecule has 2 aromatic rings. The van der Waals surface area contributed by atoms with Crippen LogP contribution < -0.4 is 0 Å². The first-order valence-corrected chi connectivity index (χ1v) is 6.32. The first kappa shape index (κ1) is 12.6. The Morgan fingerprint density at radius 2 is 1.68 bits per heavy atom. The van der Waals surface area contributed by atoms with Gasteiger partial charge in [0.05, 0.1) is 6.61 Å². The number of hydrogen-bond acceptors (Lipinski definition) is 4. The number of ether oxygens (including phenoxy) is 1. The lowest BCUT2D eigenvalue weighted by Gasteiger charge is -2.17. The SMILES string of the molecule is OC[C@H]1O[C@@H](c2cccc3ccccc23)[C@H](O)[C@@H]1O. The number of aliphatic hydroxyl groups is 3. The van der Waals surface area contributed by atoms with Crippen molar-refractivity contribution < 1.29 is 20.1 Å². The molecule has 0 radical (unpaired) electrons. The Bertz CT molecular complexity index is 578. The summed E-state index contributed by atoms with van der Waals surface area (Å²) in [6.07, 6.45) is -3.44. The quantitative estimate of drug-likeness (QED) is 0.753. The molecule has 0 bridgehead atoms. The van der Waals surface area contributed by atoms with Gasteiger partial charge in [-0.15, -0.1) is 0 Å². The van der Waals surface area contributed by atoms with E-state index in [2.05, 4.69) is 0 Å². The van der Waals surface area contributed by atoms with Gasteiger partial charge in [-0.25, -0.2) is 0 Å². The van der Waals surface area contributed by atoms with E-state index in [1.807, 2.05) is 42.5 Å². The average Bonchev–Trinajstić information content (AvgIpc) is 2.74. The lowest BCUT2D eigenvalue weighted by Crippen LogP contribution is -2.32. The van der Waals surface area contributed by atoms with Gasteiger partial charge in [0.2, 0.25) is 0 Å². The van der Waals surface area contributed by atoms with Crippen LogP contribution in [0.4, 0.5) is 0 Å². The minimum atomic E-state index is -1.06. The Balaban J connectivity index is 2.05. The number of aliphatic hydroxyl groups excluding tert-OH is 3. The summed E-state index contributed by atoms with van der Waals surface area (Å²) in [5.41, 5.74) is 0.834. The summed E-state index contributed by atoms with van der Waals surface area (Å²) in [6.45, 7) is -0.306. The summed E-state index contributed by atoms with van der Waals surface area (Å²) in [5.74, 6) is 0. The van der Waals surface area contributed by atoms with Crippen LogP contribution in [0.3, 0.4) is 0 Å². The normalized spacial score (nSPS) is 30.9. The maximum atomic E-state index is 10.1. The van der Waals surface area contributed by atoms with Crippen LogP contribution in [0.2, 0.25) is 0 Å². The second-order valence-corrected chi connectivity index (χ2v) is 4.83. The molecule has 0 saturated carbocycles. The van der Waals surface area contributed by atoms with Crippen LogP contribution >= 0.6 is 0 Å². The van der Waals surface area contributed by atoms with Crippen LogP contribution in [0.1, 0.15) is 11.7 Å². The summed E-state index contributed by atoms with van der Waals surface area (Å²) in [6, 6.07) is 13.6. The lowest BCUT2D eigenvalue weighted by atomic mass is 9.96. The van der Waals surface area contributed by atoms with Gasteiger partial charge in [0.25, 0.3) is 0 Å². The van der Waals surface area contributed by atoms with E-state index in [1.165, 1.54) is 0 Å². The smallest absolute Gasteiger partial charge is 0.113 e. The molecular weight excluding hydrogens is 244 g/mol. The third-order valence-electron chi connectivity index (χ3n) is 3.67. The molecule has 1 saturated heterocycles. The van der Waals surface area contributed by atoms with E-state index < -0.39 is 24.4 Å². The highest BCUT2D eigenvalue weighted by Crippen LogP contribution is 2.36. The van der Waals surface area contributed by atoms with Crippen LogP contribution in [-0.4, -0.2) is 40.2 Å². The van der Waals surface area contributed by atoms with Gasteiger partial charge in [0.1, 0.15) is 24.4 Å². The lowest BCUT2D eigenvalue weighted by molar-refractivity contribution is -0.0223. The van der Waals surface area contributed by atoms with E-state index in [4.69, 9.17) is 9.84 Å². The van der Waals surface area contributed by atoms with Crippen LogP contribution in [-0.2, 0) is 4.74 Å². The monoisotopic (exact) mass is 260 g/mol. The van der Waals surface area contributed by atoms with E-state index in [0.29, 0.717) is 0 Å². The minimum Gasteiger partial charge on any atom is -0.394 e. The Labute approximate surface area is 110 Å². The zero-order chi connectivity index (χ0) is 13.4. The molecule has 0 amide bonds. The van der Waals surface area contributed by atoms with Crippen molar-refractivity contribution in [1.82, 2.24) is 0 Å². The Hall–Kier alpha value is -1.46. The molecule has 100 valence electrons. The highest BCUT2D eigenvalue weighted by atomic mass is 16.6. The second kappa shape index (κ2) is 4.90. The average molecular weight is 260 g/mol. The van der Waals surface area contributed by atoms with E-state index >= 15 is 0 Å². The topological polar surface area (TPSA) is 69.9 Å². The van der Waals surface area contributed by atoms with E-state index in [1.54, 1.807) is 0 Å². The molecule has 0 aliphatic carbocycles. The van der Waals surface area contributed by atoms with Crippen molar-refractivity contribution in [1.29, 1.82) is 0 Å². The Morgan fingerprint density at radius 3 is 2.42 bits per heavy atom. The fraction of sp³-hybridized carbons (Fsp3) is 0.333. The van der Waals surface area contributed by atoms with Crippen molar-refractivity contribution in [3.63, 3.8) is 0 Å². The molecule has 1 aliphatic heterocycles. The van der Waals surface area contributed by atoms with Crippen molar-refractivity contribution in [3.8, 4) is 0 Å². The number of benzene rings is 2. The Kier molecular flexibility index (Phi) is 3.24. The van der Waals surface area contributed by atoms with Gasteiger partial charge in [0.15, 0.2) is 0 Å². The fourth-order valence-electron chi connectivity index (χ4n) is 2.66. The van der Waals surface area contributed by atoms with Crippen molar-refractivity contribution in [2.45, 2.75) is 24.4 Å². The first-order valence-electron chi connectivity index (χ1n) is 6.32. The summed E-state index contributed by atoms with van der Waals surface area (Å²) in [7, 11) is 0. The Morgan fingerprint density at radius 1 is 0.947 bits per heavy atom. The van der Waals surface area contributed by atoms with Gasteiger partial charge in [-0.2, -0.15) is 0 Å². The van der Waals surface area contributed by atoms with Crippen LogP contribution in [0.15, 0.2) is 42.5 Å². The van der Waals surface area contributed by atoms with Crippen molar-refractivity contribution in [2.24, 2.45) is 0 Å². The van der Waals surface area contributed by atoms with E-state index in [0.717, 1.165) is 16.3 Å². The predicted molar refractivity (Wildman–Crippen MR) is 70.7 cm³/mol. The molecule has 0 aromatic heterocycles. The molecule has 1 heterocycles. The maximum absolute atomic E-state index is 10.1. The van der Waals surface area contributed by atoms with Gasteiger partial charge in [-0.05, 0) is 16.3 Å². The fourth-order valence-corrected chi connectivity index (χ4v) is 2.66. The number of rotatable bonds is 2. The van der Waals surface area contributed by atoms with Gasteiger partial charge in [0, 0.05) is 0 Å². The molecule has 1 fully saturated rings. The zero-order valence-electron chi connectivity index (χ0n) is 10.3. The van der Waals surface area contributed by atoms with Crippen LogP contribution in [0.5, 0.6) is 0 Å². The number of hydrogen-bond donors (Lipinski definition) is 3. The summed E-state index contributed by atoms with van der Waals surface area (Å²) in [4.78, 5) is 0. The first-order chi connectivity index (χ1) is 9.22. The van der Waals surface area contributed by atoms with Gasteiger partial charge < -0.3 is 20.1 Å². The zero-order valence-corrected chi connectivity index (χ0v) is 10.3. The van der Waals surface area contributed by atoms with E-state index in [9.17, 15) is 10.2 Å². The highest BCUT2D eigenvalue weighted by Gasteiger charge is 2.43. The van der Waals surface area contributed by atoms with Crippen LogP contribution in [0.25, 0.3) is 10.8 Å². The summed E-state index contributed by atoms with van der Waals surface area (Å²) >= 11 is 0. The van der Waals surface area contributed by atoms with Crippen molar-refractivity contribution in [2.75, 3.05) is 6.61 Å². The van der Waals surface area contributed by atoms with Gasteiger partial charge in [-0.1, -0.05) is 42.5 Å². The largest absolute Gasteiger partial charge is 0.394 e. The van der Waals surface area contributed by atoms with Crippen molar-refractivity contribution in [3.05, 3.63) is 48.0 Å². The van der Waals surface area contributed by atoms with E-state index in [-0.39, 0.29) is 6.61 Å². The third kappa shape index (κ3) is 2.03. The standard InChI is InChI=1S/C15H16O4/c16-8-12-13(17)14(18)15(19-12)11-7-3-5-9-4-1-2-6-10(9)11/h1-7,12-18H,8H2/t12-,13-,14-,15+/m1/s1. The maximum Gasteiger partial charge on any atom is 0.113 e. The van der Waals surface area contributed by atoms with Gasteiger partial charge >= 0.3 is 0 Å².